The van der Waals surface area contributed by atoms with Gasteiger partial charge in [0.1, 0.15) is 0 Å². The number of carboxylic acids is 3. The molecule has 1 heterocycles. The van der Waals surface area contributed by atoms with Crippen LogP contribution in [0.25, 0.3) is 0 Å². The van der Waals surface area contributed by atoms with Crippen molar-refractivity contribution >= 4 is 21.0 Å². The van der Waals surface area contributed by atoms with Gasteiger partial charge in [0.15, 0.2) is 11.5 Å². The molecular formula is C19H21HgO9. The molecule has 0 bridgehead atoms. The van der Waals surface area contributed by atoms with E-state index in [1.54, 1.807) is 37.3 Å². The van der Waals surface area contributed by atoms with Crippen LogP contribution in [0.4, 0.5) is 0 Å². The molecule has 0 aromatic heterocycles. The van der Waals surface area contributed by atoms with E-state index in [4.69, 9.17) is 24.8 Å². The molecule has 0 atom stereocenters. The molecule has 153 valence electrons. The number of fused-ring (bicyclic) bond motifs is 1. The number of aromatic carboxylic acids is 1. The summed E-state index contributed by atoms with van der Waals surface area (Å²) in [7, 11) is 0. The summed E-state index contributed by atoms with van der Waals surface area (Å²) in [6, 6.07) is 12.2. The van der Waals surface area contributed by atoms with Crippen LogP contribution in [0.1, 0.15) is 29.3 Å². The summed E-state index contributed by atoms with van der Waals surface area (Å²) < 4.78 is 11.5. The second-order valence-electron chi connectivity index (χ2n) is 5.51. The Morgan fingerprint density at radius 3 is 1.97 bits per heavy atom. The fourth-order valence-corrected chi connectivity index (χ4v) is 2.79. The van der Waals surface area contributed by atoms with Crippen LogP contribution in [-0.4, -0.2) is 45.5 Å². The Morgan fingerprint density at radius 2 is 1.48 bits per heavy atom. The Balaban J connectivity index is 0.000000439. The molecular weight excluding hydrogens is 573 g/mol. The monoisotopic (exact) mass is 595 g/mol. The van der Waals surface area contributed by atoms with E-state index in [9.17, 15) is 14.4 Å². The Labute approximate surface area is 183 Å². The Kier molecular flexibility index (Phi) is 12.3. The predicted molar refractivity (Wildman–Crippen MR) is 98.5 cm³/mol. The first-order chi connectivity index (χ1) is 13.2. The Bertz CT molecular complexity index is 819. The minimum atomic E-state index is -0.853. The van der Waals surface area contributed by atoms with Gasteiger partial charge in [-0.1, -0.05) is 13.0 Å². The van der Waals surface area contributed by atoms with E-state index in [-0.39, 0.29) is 25.1 Å². The number of ether oxygens (including phenoxy) is 2. The summed E-state index contributed by atoms with van der Waals surface area (Å²) in [4.78, 5) is 30.1. The molecule has 0 amide bonds. The van der Waals surface area contributed by atoms with E-state index in [2.05, 4.69) is 0 Å². The van der Waals surface area contributed by atoms with E-state index < -0.39 is 17.9 Å². The van der Waals surface area contributed by atoms with Gasteiger partial charge in [-0.05, 0) is 17.7 Å². The van der Waals surface area contributed by atoms with Gasteiger partial charge < -0.3 is 25.2 Å². The van der Waals surface area contributed by atoms with Crippen LogP contribution in [0.15, 0.2) is 42.5 Å². The molecule has 0 aliphatic carbocycles. The average molecular weight is 594 g/mol. The first kappa shape index (κ1) is 26.3. The van der Waals surface area contributed by atoms with Crippen LogP contribution in [0.3, 0.4) is 0 Å². The van der Waals surface area contributed by atoms with Crippen LogP contribution in [0.2, 0.25) is 0 Å². The van der Waals surface area contributed by atoms with Crippen molar-refractivity contribution in [2.75, 3.05) is 6.79 Å². The molecule has 9 nitrogen and oxygen atoms in total. The third-order valence-electron chi connectivity index (χ3n) is 3.30. The normalized spacial score (nSPS) is 10.3. The van der Waals surface area contributed by atoms with Crippen molar-refractivity contribution in [2.45, 2.75) is 19.8 Å². The van der Waals surface area contributed by atoms with Crippen molar-refractivity contribution in [3.8, 4) is 11.5 Å². The second kappa shape index (κ2) is 13.5. The number of aliphatic carboxylic acids is 2. The van der Waals surface area contributed by atoms with Crippen molar-refractivity contribution in [1.29, 1.82) is 0 Å². The molecule has 0 saturated heterocycles. The minimum absolute atomic E-state index is 0. The zero-order valence-corrected chi connectivity index (χ0v) is 21.3. The molecule has 1 aliphatic heterocycles. The average Bonchev–Trinajstić information content (AvgIpc) is 3.10. The van der Waals surface area contributed by atoms with Gasteiger partial charge in [-0.25, -0.2) is 0 Å². The summed E-state index contributed by atoms with van der Waals surface area (Å²) >= 11 is 0.596. The molecule has 29 heavy (non-hydrogen) atoms. The molecule has 5 N–H and O–H groups in total. The van der Waals surface area contributed by atoms with Crippen LogP contribution < -0.4 is 12.5 Å². The van der Waals surface area contributed by atoms with Gasteiger partial charge in [0, 0.05) is 6.42 Å². The van der Waals surface area contributed by atoms with Crippen molar-refractivity contribution in [3.63, 3.8) is 0 Å². The molecule has 0 saturated carbocycles. The fourth-order valence-electron chi connectivity index (χ4n) is 1.87. The van der Waals surface area contributed by atoms with Crippen LogP contribution in [-0.2, 0) is 42.1 Å². The van der Waals surface area contributed by atoms with Crippen molar-refractivity contribution in [1.82, 2.24) is 0 Å². The molecule has 2 aromatic carbocycles. The zero-order chi connectivity index (χ0) is 21.1. The third-order valence-corrected chi connectivity index (χ3v) is 5.13. The summed E-state index contributed by atoms with van der Waals surface area (Å²) in [5.41, 5.74) is 1.09. The molecule has 10 heteroatoms. The fraction of sp³-hybridized carbons (Fsp3) is 0.211. The summed E-state index contributed by atoms with van der Waals surface area (Å²) in [5, 5.41) is 24.8. The Hall–Kier alpha value is -2.65. The molecule has 3 rings (SSSR count). The molecule has 0 spiro atoms. The van der Waals surface area contributed by atoms with E-state index in [0.717, 1.165) is 5.56 Å². The van der Waals surface area contributed by atoms with Crippen molar-refractivity contribution in [2.24, 2.45) is 0 Å². The summed E-state index contributed by atoms with van der Waals surface area (Å²) in [6.07, 6.45) is 0.233. The molecule has 0 radical (unpaired) electrons. The number of rotatable bonds is 4. The number of benzene rings is 2. The predicted octanol–water partition coefficient (Wildman–Crippen LogP) is 1.26. The van der Waals surface area contributed by atoms with Gasteiger partial charge in [0.25, 0.3) is 0 Å². The topological polar surface area (TPSA) is 162 Å². The summed E-state index contributed by atoms with van der Waals surface area (Å²) in [5.74, 6) is -1.15. The van der Waals surface area contributed by atoms with E-state index >= 15 is 0 Å². The number of hydrogen-bond donors (Lipinski definition) is 3. The SMILES string of the molecule is CCC(=O)O.O.O=C(O)Cc1ccc2c(c1)OCO2.O=C(O)c1cc[c]([Hg])cc1. The van der Waals surface area contributed by atoms with Crippen molar-refractivity contribution in [3.05, 3.63) is 53.6 Å². The number of hydrogen-bond acceptors (Lipinski definition) is 5. The van der Waals surface area contributed by atoms with E-state index in [1.807, 2.05) is 12.1 Å². The molecule has 1 aliphatic rings. The van der Waals surface area contributed by atoms with Crippen molar-refractivity contribution < 1.29 is 70.8 Å². The van der Waals surface area contributed by atoms with E-state index in [0.29, 0.717) is 43.2 Å². The Morgan fingerprint density at radius 1 is 0.931 bits per heavy atom. The van der Waals surface area contributed by atoms with Crippen LogP contribution >= 0.6 is 0 Å². The van der Waals surface area contributed by atoms with Crippen LogP contribution in [0.5, 0.6) is 11.5 Å². The number of carboxylic acid groups (broad SMARTS) is 3. The quantitative estimate of drug-likeness (QED) is 0.446. The summed E-state index contributed by atoms with van der Waals surface area (Å²) in [6.45, 7) is 1.81. The van der Waals surface area contributed by atoms with Gasteiger partial charge in [0.2, 0.25) is 6.79 Å². The molecule has 2 aromatic rings. The van der Waals surface area contributed by atoms with Gasteiger partial charge in [-0.3, -0.25) is 9.59 Å². The maximum absolute atomic E-state index is 10.4. The first-order valence-corrected chi connectivity index (χ1v) is 10.9. The third kappa shape index (κ3) is 10.5. The van der Waals surface area contributed by atoms with Gasteiger partial charge in [-0.15, -0.1) is 0 Å². The van der Waals surface area contributed by atoms with Gasteiger partial charge in [0.05, 0.1) is 6.42 Å². The van der Waals surface area contributed by atoms with Gasteiger partial charge in [-0.2, -0.15) is 0 Å². The maximum atomic E-state index is 10.4. The standard InChI is InChI=1S/C9H8O4.C7H5O2.C3H6O2.Hg.H2O/c10-9(11)4-6-1-2-7-8(3-6)13-5-12-7;8-7(9)6-4-2-1-3-5-6;1-2-3(4)5;;/h1-3H,4-5H2,(H,10,11);2-5H,(H,8,9);2H2,1H3,(H,4,5);;1H2. The molecule has 0 fully saturated rings. The second-order valence-corrected chi connectivity index (χ2v) is 8.68. The first-order valence-electron chi connectivity index (χ1n) is 8.20. The zero-order valence-electron chi connectivity index (χ0n) is 15.8. The van der Waals surface area contributed by atoms with E-state index in [1.165, 1.54) is 3.07 Å². The van der Waals surface area contributed by atoms with Crippen LogP contribution in [0, 0.1) is 0 Å². The van der Waals surface area contributed by atoms with Gasteiger partial charge >= 0.3 is 86.8 Å². The number of carbonyl (C=O) groups is 3. The molecule has 0 unspecified atom stereocenters.